The summed E-state index contributed by atoms with van der Waals surface area (Å²) in [6, 6.07) is 18.0. The van der Waals surface area contributed by atoms with Gasteiger partial charge >= 0.3 is 0 Å². The standard InChI is InChI=1S/C32H33ClN4O3/c1-21(30(38)23-11-16-40-20-23)17-22-18-27(33)31(34-19-22)37-14-12-36(13-15-37)29-24-7-3-4-8-25(24)32(39)35(2)28-10-6-5-9-26(28)29/h3-10,18-19,23,29H,1,11-17,20H2,2H3. The molecule has 2 atom stereocenters. The van der Waals surface area contributed by atoms with Crippen LogP contribution in [0.4, 0.5) is 11.5 Å². The molecule has 3 aliphatic heterocycles. The van der Waals surface area contributed by atoms with Gasteiger partial charge in [-0.3, -0.25) is 14.5 Å². The van der Waals surface area contributed by atoms with Crippen molar-refractivity contribution in [3.8, 4) is 0 Å². The van der Waals surface area contributed by atoms with Crippen LogP contribution in [-0.2, 0) is 16.0 Å². The fourth-order valence-electron chi connectivity index (χ4n) is 6.16. The molecule has 6 rings (SSSR count). The number of carbonyl (C=O) groups is 2. The fourth-order valence-corrected chi connectivity index (χ4v) is 6.47. The molecule has 3 aromatic rings. The lowest BCUT2D eigenvalue weighted by Crippen LogP contribution is -2.48. The topological polar surface area (TPSA) is 66.0 Å². The van der Waals surface area contributed by atoms with Gasteiger partial charge in [0.15, 0.2) is 5.78 Å². The van der Waals surface area contributed by atoms with Crippen molar-refractivity contribution in [2.75, 3.05) is 56.2 Å². The Kier molecular flexibility index (Phi) is 7.45. The zero-order valence-corrected chi connectivity index (χ0v) is 23.4. The van der Waals surface area contributed by atoms with Crippen LogP contribution in [0.1, 0.15) is 39.5 Å². The summed E-state index contributed by atoms with van der Waals surface area (Å²) >= 11 is 6.73. The van der Waals surface area contributed by atoms with Gasteiger partial charge in [0.2, 0.25) is 0 Å². The lowest BCUT2D eigenvalue weighted by molar-refractivity contribution is -0.119. The molecule has 0 radical (unpaired) electrons. The average Bonchev–Trinajstić information content (AvgIpc) is 3.50. The first-order chi connectivity index (χ1) is 19.4. The van der Waals surface area contributed by atoms with Crippen LogP contribution in [0.15, 0.2) is 72.9 Å². The van der Waals surface area contributed by atoms with Crippen molar-refractivity contribution in [3.05, 3.63) is 100 Å². The van der Waals surface area contributed by atoms with Crippen LogP contribution >= 0.6 is 11.6 Å². The maximum absolute atomic E-state index is 13.3. The van der Waals surface area contributed by atoms with E-state index < -0.39 is 0 Å². The molecule has 2 saturated heterocycles. The highest BCUT2D eigenvalue weighted by atomic mass is 35.5. The van der Waals surface area contributed by atoms with E-state index in [1.54, 1.807) is 11.1 Å². The SMILES string of the molecule is C=C(Cc1cnc(N2CCN(C3c4ccccc4C(=O)N(C)c4ccccc43)CC2)c(Cl)c1)C(=O)C1CCOC1. The Morgan fingerprint density at radius 3 is 2.52 bits per heavy atom. The smallest absolute Gasteiger partial charge is 0.258 e. The first-order valence-corrected chi connectivity index (χ1v) is 14.2. The molecule has 8 heteroatoms. The fraction of sp³-hybridized carbons (Fsp3) is 0.344. The summed E-state index contributed by atoms with van der Waals surface area (Å²) in [5, 5.41) is 0.577. The Balaban J connectivity index is 1.18. The number of halogens is 1. The van der Waals surface area contributed by atoms with Crippen molar-refractivity contribution in [3.63, 3.8) is 0 Å². The van der Waals surface area contributed by atoms with Crippen molar-refractivity contribution < 1.29 is 14.3 Å². The Hall–Kier alpha value is -3.52. The number of rotatable bonds is 6. The van der Waals surface area contributed by atoms with Gasteiger partial charge in [-0.2, -0.15) is 0 Å². The molecule has 2 unspecified atom stereocenters. The van der Waals surface area contributed by atoms with E-state index in [2.05, 4.69) is 28.5 Å². The number of nitrogens with zero attached hydrogens (tertiary/aromatic N) is 4. The predicted octanol–water partition coefficient (Wildman–Crippen LogP) is 4.94. The number of anilines is 2. The maximum Gasteiger partial charge on any atom is 0.258 e. The number of benzene rings is 2. The molecule has 4 heterocycles. The lowest BCUT2D eigenvalue weighted by Gasteiger charge is -2.40. The van der Waals surface area contributed by atoms with Gasteiger partial charge in [-0.05, 0) is 46.9 Å². The molecule has 7 nitrogen and oxygen atoms in total. The van der Waals surface area contributed by atoms with Gasteiger partial charge in [-0.1, -0.05) is 54.6 Å². The first kappa shape index (κ1) is 26.7. The second-order valence-electron chi connectivity index (χ2n) is 10.8. The van der Waals surface area contributed by atoms with E-state index in [0.29, 0.717) is 30.2 Å². The van der Waals surface area contributed by atoms with Gasteiger partial charge in [-0.25, -0.2) is 4.98 Å². The van der Waals surface area contributed by atoms with Gasteiger partial charge in [0.25, 0.3) is 5.91 Å². The molecule has 2 aromatic carbocycles. The highest BCUT2D eigenvalue weighted by Gasteiger charge is 2.35. The number of hydrogen-bond acceptors (Lipinski definition) is 6. The van der Waals surface area contributed by atoms with E-state index in [4.69, 9.17) is 21.3 Å². The van der Waals surface area contributed by atoms with E-state index in [1.165, 1.54) is 0 Å². The summed E-state index contributed by atoms with van der Waals surface area (Å²) in [4.78, 5) is 37.1. The van der Waals surface area contributed by atoms with Crippen LogP contribution in [0.3, 0.4) is 0 Å². The molecule has 1 amide bonds. The van der Waals surface area contributed by atoms with Gasteiger partial charge in [0, 0.05) is 69.6 Å². The number of Topliss-reactive ketones (excluding diaryl/α,β-unsaturated/α-hetero) is 1. The first-order valence-electron chi connectivity index (χ1n) is 13.8. The zero-order valence-electron chi connectivity index (χ0n) is 22.7. The summed E-state index contributed by atoms with van der Waals surface area (Å²) in [5.41, 5.74) is 5.31. The third-order valence-corrected chi connectivity index (χ3v) is 8.59. The van der Waals surface area contributed by atoms with E-state index in [0.717, 1.165) is 66.4 Å². The third-order valence-electron chi connectivity index (χ3n) is 8.31. The molecule has 2 fully saturated rings. The van der Waals surface area contributed by atoms with Crippen LogP contribution in [0.2, 0.25) is 5.02 Å². The number of para-hydroxylation sites is 1. The number of amides is 1. The summed E-state index contributed by atoms with van der Waals surface area (Å²) in [6.07, 6.45) is 2.99. The van der Waals surface area contributed by atoms with Gasteiger partial charge in [0.1, 0.15) is 5.82 Å². The quantitative estimate of drug-likeness (QED) is 0.401. The number of ether oxygens (including phenoxy) is 1. The molecule has 1 aromatic heterocycles. The van der Waals surface area contributed by atoms with Crippen LogP contribution < -0.4 is 9.80 Å². The van der Waals surface area contributed by atoms with Crippen molar-refractivity contribution in [2.45, 2.75) is 18.9 Å². The molecule has 0 bridgehead atoms. The highest BCUT2D eigenvalue weighted by molar-refractivity contribution is 6.33. The van der Waals surface area contributed by atoms with E-state index in [1.807, 2.05) is 49.5 Å². The summed E-state index contributed by atoms with van der Waals surface area (Å²) in [5.74, 6) is 0.754. The molecule has 0 saturated carbocycles. The molecule has 206 valence electrons. The summed E-state index contributed by atoms with van der Waals surface area (Å²) in [6.45, 7) is 8.22. The normalized spacial score (nSPS) is 21.1. The molecule has 40 heavy (non-hydrogen) atoms. The van der Waals surface area contributed by atoms with Gasteiger partial charge < -0.3 is 14.5 Å². The van der Waals surface area contributed by atoms with Crippen LogP contribution in [0.5, 0.6) is 0 Å². The van der Waals surface area contributed by atoms with Crippen molar-refractivity contribution in [1.82, 2.24) is 9.88 Å². The third kappa shape index (κ3) is 4.94. The highest BCUT2D eigenvalue weighted by Crippen LogP contribution is 2.40. The molecule has 0 N–H and O–H groups in total. The van der Waals surface area contributed by atoms with E-state index in [9.17, 15) is 9.59 Å². The number of aromatic nitrogens is 1. The monoisotopic (exact) mass is 556 g/mol. The predicted molar refractivity (Wildman–Crippen MR) is 157 cm³/mol. The number of pyridine rings is 1. The minimum absolute atomic E-state index is 0.0150. The number of allylic oxidation sites excluding steroid dienone is 1. The Morgan fingerprint density at radius 2 is 1.80 bits per heavy atom. The number of ketones is 1. The molecule has 0 aliphatic carbocycles. The summed E-state index contributed by atoms with van der Waals surface area (Å²) < 4.78 is 5.36. The van der Waals surface area contributed by atoms with Gasteiger partial charge in [0.05, 0.1) is 17.7 Å². The minimum Gasteiger partial charge on any atom is -0.381 e. The number of piperazine rings is 1. The lowest BCUT2D eigenvalue weighted by atomic mass is 9.93. The average molecular weight is 557 g/mol. The minimum atomic E-state index is -0.0857. The largest absolute Gasteiger partial charge is 0.381 e. The number of fused-ring (bicyclic) bond motifs is 2. The Labute approximate surface area is 240 Å². The van der Waals surface area contributed by atoms with Crippen molar-refractivity contribution >= 4 is 34.8 Å². The van der Waals surface area contributed by atoms with E-state index >= 15 is 0 Å². The Morgan fingerprint density at radius 1 is 1.07 bits per heavy atom. The zero-order chi connectivity index (χ0) is 27.8. The second-order valence-corrected chi connectivity index (χ2v) is 11.2. The van der Waals surface area contributed by atoms with E-state index in [-0.39, 0.29) is 23.7 Å². The number of carbonyl (C=O) groups excluding carboxylic acids is 2. The second kappa shape index (κ2) is 11.2. The van der Waals surface area contributed by atoms with Crippen LogP contribution in [0, 0.1) is 5.92 Å². The molecule has 0 spiro atoms. The molecular formula is C32H33ClN4O3. The van der Waals surface area contributed by atoms with Crippen molar-refractivity contribution in [2.24, 2.45) is 5.92 Å². The van der Waals surface area contributed by atoms with Gasteiger partial charge in [-0.15, -0.1) is 0 Å². The molecular weight excluding hydrogens is 524 g/mol. The maximum atomic E-state index is 13.3. The summed E-state index contributed by atoms with van der Waals surface area (Å²) in [7, 11) is 1.85. The van der Waals surface area contributed by atoms with Crippen LogP contribution in [0.25, 0.3) is 0 Å². The van der Waals surface area contributed by atoms with Crippen molar-refractivity contribution in [1.29, 1.82) is 0 Å². The Bertz CT molecular complexity index is 1460. The van der Waals surface area contributed by atoms with Crippen LogP contribution in [-0.4, -0.2) is 68.0 Å². The molecule has 3 aliphatic rings. The number of hydrogen-bond donors (Lipinski definition) is 0.